The third-order valence-electron chi connectivity index (χ3n) is 5.16. The van der Waals surface area contributed by atoms with Crippen LogP contribution in [0.25, 0.3) is 16.6 Å². The summed E-state index contributed by atoms with van der Waals surface area (Å²) in [5.74, 6) is -0.514. The summed E-state index contributed by atoms with van der Waals surface area (Å²) in [6, 6.07) is 5.86. The molecule has 0 saturated heterocycles. The smallest absolute Gasteiger partial charge is 0.288 e. The Morgan fingerprint density at radius 1 is 1.24 bits per heavy atom. The molecule has 172 valence electrons. The SMILES string of the molecule is Cc1oc(CCCNC(=O)c2cncc3c2cnn3-c2ccc(F)cc2)nc1C(=O)N(C)C#N. The molecule has 3 heterocycles. The molecule has 0 bridgehead atoms. The summed E-state index contributed by atoms with van der Waals surface area (Å²) in [7, 11) is 1.35. The van der Waals surface area contributed by atoms with Crippen molar-refractivity contribution in [2.75, 3.05) is 13.6 Å². The van der Waals surface area contributed by atoms with E-state index in [-0.39, 0.29) is 17.4 Å². The average Bonchev–Trinajstić information content (AvgIpc) is 3.44. The number of fused-ring (bicyclic) bond motifs is 1. The van der Waals surface area contributed by atoms with Gasteiger partial charge in [0, 0.05) is 31.6 Å². The number of nitriles is 1. The van der Waals surface area contributed by atoms with E-state index in [4.69, 9.17) is 9.68 Å². The summed E-state index contributed by atoms with van der Waals surface area (Å²) in [4.78, 5) is 34.1. The van der Waals surface area contributed by atoms with Gasteiger partial charge in [-0.05, 0) is 37.6 Å². The van der Waals surface area contributed by atoms with Gasteiger partial charge >= 0.3 is 0 Å². The fourth-order valence-corrected chi connectivity index (χ4v) is 3.41. The number of nitrogens with zero attached hydrogens (tertiary/aromatic N) is 6. The minimum Gasteiger partial charge on any atom is -0.445 e. The van der Waals surface area contributed by atoms with E-state index in [1.165, 1.54) is 25.4 Å². The Labute approximate surface area is 193 Å². The molecule has 1 N–H and O–H groups in total. The van der Waals surface area contributed by atoms with Crippen molar-refractivity contribution in [1.82, 2.24) is 30.0 Å². The predicted octanol–water partition coefficient (Wildman–Crippen LogP) is 2.77. The van der Waals surface area contributed by atoms with Crippen molar-refractivity contribution in [1.29, 1.82) is 5.26 Å². The molecule has 2 amide bonds. The lowest BCUT2D eigenvalue weighted by Gasteiger charge is -2.06. The number of halogens is 1. The Balaban J connectivity index is 1.40. The fraction of sp³-hybridized carbons (Fsp3) is 0.217. The summed E-state index contributed by atoms with van der Waals surface area (Å²) < 4.78 is 20.3. The summed E-state index contributed by atoms with van der Waals surface area (Å²) in [6.45, 7) is 1.95. The van der Waals surface area contributed by atoms with Crippen LogP contribution in [-0.4, -0.2) is 50.1 Å². The highest BCUT2D eigenvalue weighted by Gasteiger charge is 2.20. The third kappa shape index (κ3) is 4.47. The second-order valence-corrected chi connectivity index (χ2v) is 7.49. The Kier molecular flexibility index (Phi) is 6.31. The van der Waals surface area contributed by atoms with Crippen molar-refractivity contribution in [3.05, 3.63) is 71.6 Å². The van der Waals surface area contributed by atoms with Gasteiger partial charge in [0.1, 0.15) is 11.6 Å². The van der Waals surface area contributed by atoms with Gasteiger partial charge in [-0.3, -0.25) is 14.6 Å². The van der Waals surface area contributed by atoms with E-state index >= 15 is 0 Å². The number of hydrogen-bond acceptors (Lipinski definition) is 7. The lowest BCUT2D eigenvalue weighted by molar-refractivity contribution is 0.0851. The molecule has 0 aliphatic rings. The second kappa shape index (κ2) is 9.50. The van der Waals surface area contributed by atoms with Gasteiger partial charge in [0.25, 0.3) is 11.8 Å². The van der Waals surface area contributed by atoms with Crippen LogP contribution < -0.4 is 5.32 Å². The number of amides is 2. The number of carbonyl (C=O) groups excluding carboxylic acids is 2. The Bertz CT molecular complexity index is 1400. The highest BCUT2D eigenvalue weighted by molar-refractivity contribution is 6.05. The Hall–Kier alpha value is -4.59. The maximum atomic E-state index is 13.2. The number of pyridine rings is 1. The van der Waals surface area contributed by atoms with E-state index in [2.05, 4.69) is 20.4 Å². The van der Waals surface area contributed by atoms with Crippen LogP contribution >= 0.6 is 0 Å². The minimum absolute atomic E-state index is 0.0963. The fourth-order valence-electron chi connectivity index (χ4n) is 3.41. The molecule has 34 heavy (non-hydrogen) atoms. The van der Waals surface area contributed by atoms with Crippen LogP contribution in [0.3, 0.4) is 0 Å². The van der Waals surface area contributed by atoms with Gasteiger partial charge in [0.15, 0.2) is 17.8 Å². The molecule has 3 aromatic heterocycles. The number of aryl methyl sites for hydroxylation is 2. The normalized spacial score (nSPS) is 10.8. The number of aromatic nitrogens is 4. The summed E-state index contributed by atoms with van der Waals surface area (Å²) in [5.41, 5.74) is 1.73. The van der Waals surface area contributed by atoms with Crippen LogP contribution in [0, 0.1) is 24.2 Å². The number of carbonyl (C=O) groups is 2. The molecule has 4 rings (SSSR count). The number of benzene rings is 1. The van der Waals surface area contributed by atoms with Gasteiger partial charge < -0.3 is 9.73 Å². The van der Waals surface area contributed by atoms with Crippen molar-refractivity contribution >= 4 is 22.7 Å². The van der Waals surface area contributed by atoms with Crippen molar-refractivity contribution in [3.63, 3.8) is 0 Å². The second-order valence-electron chi connectivity index (χ2n) is 7.49. The van der Waals surface area contributed by atoms with Crippen LogP contribution in [0.2, 0.25) is 0 Å². The van der Waals surface area contributed by atoms with Gasteiger partial charge in [0.2, 0.25) is 0 Å². The van der Waals surface area contributed by atoms with E-state index in [0.29, 0.717) is 53.2 Å². The quantitative estimate of drug-likeness (QED) is 0.254. The molecule has 0 unspecified atom stereocenters. The first-order chi connectivity index (χ1) is 16.4. The maximum absolute atomic E-state index is 13.2. The molecule has 0 spiro atoms. The molecule has 0 aliphatic heterocycles. The zero-order chi connectivity index (χ0) is 24.2. The van der Waals surface area contributed by atoms with Crippen LogP contribution in [0.15, 0.2) is 47.3 Å². The van der Waals surface area contributed by atoms with E-state index in [1.54, 1.807) is 42.3 Å². The molecule has 0 fully saturated rings. The topological polar surface area (TPSA) is 130 Å². The first kappa shape index (κ1) is 22.6. The number of oxazole rings is 1. The Morgan fingerprint density at radius 2 is 2.00 bits per heavy atom. The summed E-state index contributed by atoms with van der Waals surface area (Å²) in [6.07, 6.45) is 7.28. The van der Waals surface area contributed by atoms with E-state index in [1.807, 2.05) is 0 Å². The zero-order valence-corrected chi connectivity index (χ0v) is 18.4. The van der Waals surface area contributed by atoms with Gasteiger partial charge in [-0.2, -0.15) is 10.4 Å². The highest BCUT2D eigenvalue weighted by atomic mass is 19.1. The molecule has 0 saturated carbocycles. The maximum Gasteiger partial charge on any atom is 0.288 e. The predicted molar refractivity (Wildman–Crippen MR) is 118 cm³/mol. The molecule has 0 atom stereocenters. The average molecular weight is 461 g/mol. The monoisotopic (exact) mass is 461 g/mol. The summed E-state index contributed by atoms with van der Waals surface area (Å²) in [5, 5.41) is 16.6. The van der Waals surface area contributed by atoms with E-state index < -0.39 is 5.91 Å². The highest BCUT2D eigenvalue weighted by Crippen LogP contribution is 2.21. The van der Waals surface area contributed by atoms with Gasteiger partial charge in [-0.15, -0.1) is 0 Å². The zero-order valence-electron chi connectivity index (χ0n) is 18.4. The van der Waals surface area contributed by atoms with Gasteiger partial charge in [-0.1, -0.05) is 0 Å². The first-order valence-electron chi connectivity index (χ1n) is 10.4. The molecule has 0 aliphatic carbocycles. The van der Waals surface area contributed by atoms with Gasteiger partial charge in [-0.25, -0.2) is 19.0 Å². The van der Waals surface area contributed by atoms with Crippen LogP contribution in [-0.2, 0) is 6.42 Å². The largest absolute Gasteiger partial charge is 0.445 e. The lowest BCUT2D eigenvalue weighted by Crippen LogP contribution is -2.25. The molecule has 4 aromatic rings. The van der Waals surface area contributed by atoms with Crippen molar-refractivity contribution in [2.45, 2.75) is 19.8 Å². The number of hydrogen-bond donors (Lipinski definition) is 1. The van der Waals surface area contributed by atoms with Crippen LogP contribution in [0.4, 0.5) is 4.39 Å². The third-order valence-corrected chi connectivity index (χ3v) is 5.16. The molecule has 0 radical (unpaired) electrons. The molecule has 1 aromatic carbocycles. The Morgan fingerprint density at radius 3 is 2.74 bits per heavy atom. The van der Waals surface area contributed by atoms with E-state index in [0.717, 1.165) is 4.90 Å². The minimum atomic E-state index is -0.537. The van der Waals surface area contributed by atoms with Crippen molar-refractivity contribution in [3.8, 4) is 11.9 Å². The summed E-state index contributed by atoms with van der Waals surface area (Å²) >= 11 is 0. The number of nitrogens with one attached hydrogen (secondary N) is 1. The van der Waals surface area contributed by atoms with Crippen LogP contribution in [0.5, 0.6) is 0 Å². The first-order valence-corrected chi connectivity index (χ1v) is 10.4. The number of rotatable bonds is 7. The standard InChI is InChI=1S/C23H20FN7O3/c1-14-21(23(33)30(2)13-25)29-20(34-14)4-3-9-27-22(32)18-10-26-12-19-17(18)11-28-31(19)16-7-5-15(24)6-8-16/h5-8,10-12H,3-4,9H2,1-2H3,(H,27,32). The van der Waals surface area contributed by atoms with E-state index in [9.17, 15) is 14.0 Å². The van der Waals surface area contributed by atoms with Gasteiger partial charge in [0.05, 0.1) is 29.2 Å². The van der Waals surface area contributed by atoms with Crippen molar-refractivity contribution in [2.24, 2.45) is 0 Å². The molecular weight excluding hydrogens is 441 g/mol. The molecule has 10 nitrogen and oxygen atoms in total. The molecule has 11 heteroatoms. The van der Waals surface area contributed by atoms with Crippen molar-refractivity contribution < 1.29 is 18.4 Å². The van der Waals surface area contributed by atoms with Crippen LogP contribution in [0.1, 0.15) is 38.9 Å². The lowest BCUT2D eigenvalue weighted by atomic mass is 10.1. The molecular formula is C23H20FN7O3.